The second-order valence-corrected chi connectivity index (χ2v) is 5.04. The van der Waals surface area contributed by atoms with E-state index in [9.17, 15) is 0 Å². The van der Waals surface area contributed by atoms with E-state index in [1.54, 1.807) is 0 Å². The fraction of sp³-hybridized carbons (Fsp3) is 0.417. The zero-order valence-electron chi connectivity index (χ0n) is 9.42. The van der Waals surface area contributed by atoms with E-state index in [-0.39, 0.29) is 0 Å². The van der Waals surface area contributed by atoms with Gasteiger partial charge in [-0.25, -0.2) is 0 Å². The third-order valence-electron chi connectivity index (χ3n) is 2.34. The standard InChI is InChI=1S/C12H17BrN2S/c1-2-3-4-7-15-11-8-9(13)5-6-10(11)12(14)16/h5-6,8,15H,2-4,7H2,1H3,(H2,14,16). The largest absolute Gasteiger partial charge is 0.389 e. The van der Waals surface area contributed by atoms with Crippen LogP contribution in [0.1, 0.15) is 31.7 Å². The average molecular weight is 301 g/mol. The van der Waals surface area contributed by atoms with E-state index >= 15 is 0 Å². The molecule has 0 amide bonds. The first-order chi connectivity index (χ1) is 7.65. The van der Waals surface area contributed by atoms with Gasteiger partial charge in [0.2, 0.25) is 0 Å². The van der Waals surface area contributed by atoms with E-state index in [0.29, 0.717) is 4.99 Å². The molecule has 1 rings (SSSR count). The fourth-order valence-electron chi connectivity index (χ4n) is 1.48. The van der Waals surface area contributed by atoms with Crippen molar-refractivity contribution >= 4 is 38.8 Å². The summed E-state index contributed by atoms with van der Waals surface area (Å²) in [5.41, 5.74) is 7.59. The van der Waals surface area contributed by atoms with Crippen LogP contribution < -0.4 is 11.1 Å². The van der Waals surface area contributed by atoms with Gasteiger partial charge in [-0.3, -0.25) is 0 Å². The highest BCUT2D eigenvalue weighted by molar-refractivity contribution is 9.10. The van der Waals surface area contributed by atoms with Crippen molar-refractivity contribution in [1.29, 1.82) is 0 Å². The fourth-order valence-corrected chi connectivity index (χ4v) is 2.01. The van der Waals surface area contributed by atoms with Crippen LogP contribution in [0.2, 0.25) is 0 Å². The molecule has 0 fully saturated rings. The minimum atomic E-state index is 0.436. The molecule has 1 aromatic carbocycles. The lowest BCUT2D eigenvalue weighted by molar-refractivity contribution is 0.744. The Bertz CT molecular complexity index is 366. The van der Waals surface area contributed by atoms with Crippen LogP contribution in [0.3, 0.4) is 0 Å². The summed E-state index contributed by atoms with van der Waals surface area (Å²) < 4.78 is 1.03. The number of halogens is 1. The third kappa shape index (κ3) is 4.10. The molecule has 0 atom stereocenters. The van der Waals surface area contributed by atoms with E-state index in [1.165, 1.54) is 19.3 Å². The topological polar surface area (TPSA) is 38.0 Å². The Labute approximate surface area is 111 Å². The zero-order valence-corrected chi connectivity index (χ0v) is 11.8. The summed E-state index contributed by atoms with van der Waals surface area (Å²) in [5.74, 6) is 0. The van der Waals surface area contributed by atoms with Gasteiger partial charge in [0.05, 0.1) is 0 Å². The first kappa shape index (κ1) is 13.5. The molecule has 0 saturated carbocycles. The van der Waals surface area contributed by atoms with Crippen LogP contribution in [-0.4, -0.2) is 11.5 Å². The molecular formula is C12H17BrN2S. The normalized spacial score (nSPS) is 10.1. The molecule has 0 aliphatic rings. The Hall–Kier alpha value is -0.610. The van der Waals surface area contributed by atoms with E-state index in [1.807, 2.05) is 18.2 Å². The maximum atomic E-state index is 5.67. The summed E-state index contributed by atoms with van der Waals surface area (Å²) >= 11 is 8.46. The highest BCUT2D eigenvalue weighted by atomic mass is 79.9. The van der Waals surface area contributed by atoms with Crippen molar-refractivity contribution < 1.29 is 0 Å². The van der Waals surface area contributed by atoms with Crippen molar-refractivity contribution in [2.24, 2.45) is 5.73 Å². The van der Waals surface area contributed by atoms with Crippen molar-refractivity contribution in [2.75, 3.05) is 11.9 Å². The van der Waals surface area contributed by atoms with Crippen LogP contribution in [-0.2, 0) is 0 Å². The molecule has 2 nitrogen and oxygen atoms in total. The van der Waals surface area contributed by atoms with Gasteiger partial charge in [-0.15, -0.1) is 0 Å². The van der Waals surface area contributed by atoms with Crippen molar-refractivity contribution in [2.45, 2.75) is 26.2 Å². The summed E-state index contributed by atoms with van der Waals surface area (Å²) in [6.07, 6.45) is 3.63. The van der Waals surface area contributed by atoms with Gasteiger partial charge in [0.25, 0.3) is 0 Å². The van der Waals surface area contributed by atoms with Crippen molar-refractivity contribution in [1.82, 2.24) is 0 Å². The molecule has 4 heteroatoms. The first-order valence-electron chi connectivity index (χ1n) is 5.48. The van der Waals surface area contributed by atoms with E-state index in [4.69, 9.17) is 18.0 Å². The summed E-state index contributed by atoms with van der Waals surface area (Å²) in [6, 6.07) is 5.90. The van der Waals surface area contributed by atoms with Gasteiger partial charge in [0.1, 0.15) is 4.99 Å². The third-order valence-corrected chi connectivity index (χ3v) is 3.06. The predicted octanol–water partition coefficient (Wildman–Crippen LogP) is 3.69. The van der Waals surface area contributed by atoms with Gasteiger partial charge in [-0.05, 0) is 24.6 Å². The van der Waals surface area contributed by atoms with Gasteiger partial charge in [0.15, 0.2) is 0 Å². The molecule has 1 aromatic rings. The van der Waals surface area contributed by atoms with Gasteiger partial charge >= 0.3 is 0 Å². The molecule has 0 spiro atoms. The molecule has 0 aliphatic heterocycles. The number of thiocarbonyl (C=S) groups is 1. The van der Waals surface area contributed by atoms with Gasteiger partial charge in [-0.1, -0.05) is 47.9 Å². The molecule has 0 aromatic heterocycles. The zero-order chi connectivity index (χ0) is 12.0. The smallest absolute Gasteiger partial charge is 0.106 e. The number of benzene rings is 1. The second kappa shape index (κ2) is 6.86. The van der Waals surface area contributed by atoms with Crippen LogP contribution >= 0.6 is 28.1 Å². The highest BCUT2D eigenvalue weighted by Gasteiger charge is 2.04. The van der Waals surface area contributed by atoms with Gasteiger partial charge < -0.3 is 11.1 Å². The summed E-state index contributed by atoms with van der Waals surface area (Å²) in [6.45, 7) is 3.15. The number of hydrogen-bond donors (Lipinski definition) is 2. The summed E-state index contributed by atoms with van der Waals surface area (Å²) in [7, 11) is 0. The molecule has 3 N–H and O–H groups in total. The molecule has 0 heterocycles. The number of nitrogens with one attached hydrogen (secondary N) is 1. The van der Waals surface area contributed by atoms with Crippen molar-refractivity contribution in [3.63, 3.8) is 0 Å². The molecule has 16 heavy (non-hydrogen) atoms. The number of rotatable bonds is 6. The lowest BCUT2D eigenvalue weighted by Crippen LogP contribution is -2.13. The molecule has 0 saturated heterocycles. The summed E-state index contributed by atoms with van der Waals surface area (Å²) in [4.78, 5) is 0.436. The van der Waals surface area contributed by atoms with Gasteiger partial charge in [-0.2, -0.15) is 0 Å². The molecule has 0 radical (unpaired) electrons. The number of hydrogen-bond acceptors (Lipinski definition) is 2. The molecular weight excluding hydrogens is 284 g/mol. The first-order valence-corrected chi connectivity index (χ1v) is 6.68. The lowest BCUT2D eigenvalue weighted by Gasteiger charge is -2.11. The predicted molar refractivity (Wildman–Crippen MR) is 78.0 cm³/mol. The molecule has 0 unspecified atom stereocenters. The minimum absolute atomic E-state index is 0.436. The second-order valence-electron chi connectivity index (χ2n) is 3.69. The van der Waals surface area contributed by atoms with E-state index in [2.05, 4.69) is 28.2 Å². The Morgan fingerprint density at radius 3 is 2.81 bits per heavy atom. The molecule has 88 valence electrons. The SMILES string of the molecule is CCCCCNc1cc(Br)ccc1C(N)=S. The Balaban J connectivity index is 2.68. The maximum Gasteiger partial charge on any atom is 0.106 e. The highest BCUT2D eigenvalue weighted by Crippen LogP contribution is 2.21. The van der Waals surface area contributed by atoms with Gasteiger partial charge in [0, 0.05) is 22.3 Å². The van der Waals surface area contributed by atoms with Crippen LogP contribution in [0.15, 0.2) is 22.7 Å². The monoisotopic (exact) mass is 300 g/mol. The Kier molecular flexibility index (Phi) is 5.77. The number of nitrogens with two attached hydrogens (primary N) is 1. The maximum absolute atomic E-state index is 5.67. The van der Waals surface area contributed by atoms with Crippen LogP contribution in [0.4, 0.5) is 5.69 Å². The Morgan fingerprint density at radius 2 is 2.19 bits per heavy atom. The summed E-state index contributed by atoms with van der Waals surface area (Å²) in [5, 5.41) is 3.37. The number of unbranched alkanes of at least 4 members (excludes halogenated alkanes) is 2. The van der Waals surface area contributed by atoms with Crippen LogP contribution in [0.5, 0.6) is 0 Å². The average Bonchev–Trinajstić information content (AvgIpc) is 2.24. The van der Waals surface area contributed by atoms with Crippen molar-refractivity contribution in [3.8, 4) is 0 Å². The Morgan fingerprint density at radius 1 is 1.44 bits per heavy atom. The van der Waals surface area contributed by atoms with Crippen LogP contribution in [0, 0.1) is 0 Å². The molecule has 0 aliphatic carbocycles. The van der Waals surface area contributed by atoms with Crippen molar-refractivity contribution in [3.05, 3.63) is 28.2 Å². The lowest BCUT2D eigenvalue weighted by atomic mass is 10.1. The quantitative estimate of drug-likeness (QED) is 0.622. The van der Waals surface area contributed by atoms with Crippen LogP contribution in [0.25, 0.3) is 0 Å². The molecule has 0 bridgehead atoms. The van der Waals surface area contributed by atoms with E-state index in [0.717, 1.165) is 22.3 Å². The number of anilines is 1. The van der Waals surface area contributed by atoms with E-state index < -0.39 is 0 Å². The minimum Gasteiger partial charge on any atom is -0.389 e.